The van der Waals surface area contributed by atoms with Crippen LogP contribution in [0.3, 0.4) is 0 Å². The molecule has 140 valence electrons. The Labute approximate surface area is 150 Å². The summed E-state index contributed by atoms with van der Waals surface area (Å²) < 4.78 is 23.0. The van der Waals surface area contributed by atoms with Gasteiger partial charge >= 0.3 is 6.03 Å². The minimum atomic E-state index is -3.15. The van der Waals surface area contributed by atoms with E-state index in [1.165, 1.54) is 19.1 Å². The Bertz CT molecular complexity index is 668. The number of nitrogens with one attached hydrogen (secondary N) is 2. The third-order valence-electron chi connectivity index (χ3n) is 4.50. The molecule has 0 radical (unpaired) electrons. The van der Waals surface area contributed by atoms with E-state index in [2.05, 4.69) is 22.5 Å². The van der Waals surface area contributed by atoms with Crippen LogP contribution in [0.25, 0.3) is 0 Å². The lowest BCUT2D eigenvalue weighted by Gasteiger charge is -2.30. The molecule has 0 aliphatic carbocycles. The lowest BCUT2D eigenvalue weighted by atomic mass is 9.99. The number of rotatable bonds is 7. The molecule has 0 bridgehead atoms. The predicted octanol–water partition coefficient (Wildman–Crippen LogP) is 2.47. The quantitative estimate of drug-likeness (QED) is 0.726. The first-order valence-electron chi connectivity index (χ1n) is 8.86. The lowest BCUT2D eigenvalue weighted by molar-refractivity contribution is 0.190. The van der Waals surface area contributed by atoms with Crippen molar-refractivity contribution in [2.75, 3.05) is 37.8 Å². The van der Waals surface area contributed by atoms with E-state index < -0.39 is 9.84 Å². The number of hydrogen-bond donors (Lipinski definition) is 2. The Morgan fingerprint density at radius 3 is 2.60 bits per heavy atom. The highest BCUT2D eigenvalue weighted by molar-refractivity contribution is 7.89. The topological polar surface area (TPSA) is 78.5 Å². The van der Waals surface area contributed by atoms with Crippen LogP contribution in [0.2, 0.25) is 0 Å². The fourth-order valence-electron chi connectivity index (χ4n) is 3.01. The second-order valence-corrected chi connectivity index (χ2v) is 9.13. The molecule has 0 saturated carbocycles. The number of carbonyl (C=O) groups excluding carboxylic acids is 1. The summed E-state index contributed by atoms with van der Waals surface area (Å²) in [6, 6.07) is 6.68. The van der Waals surface area contributed by atoms with Gasteiger partial charge in [0.05, 0.1) is 5.75 Å². The smallest absolute Gasteiger partial charge is 0.319 e. The number of piperidine rings is 1. The van der Waals surface area contributed by atoms with Crippen LogP contribution in [-0.4, -0.2) is 51.8 Å². The summed E-state index contributed by atoms with van der Waals surface area (Å²) in [5, 5.41) is 5.59. The van der Waals surface area contributed by atoms with Gasteiger partial charge in [-0.1, -0.05) is 25.1 Å². The van der Waals surface area contributed by atoms with Crippen LogP contribution in [0.15, 0.2) is 24.3 Å². The van der Waals surface area contributed by atoms with Crippen LogP contribution < -0.4 is 10.6 Å². The monoisotopic (exact) mass is 367 g/mol. The van der Waals surface area contributed by atoms with E-state index in [4.69, 9.17) is 0 Å². The Balaban J connectivity index is 1.73. The zero-order chi connectivity index (χ0) is 18.3. The molecular weight excluding hydrogens is 338 g/mol. The molecule has 6 nitrogen and oxygen atoms in total. The highest BCUT2D eigenvalue weighted by atomic mass is 32.2. The van der Waals surface area contributed by atoms with E-state index in [1.807, 2.05) is 0 Å². The Kier molecular flexibility index (Phi) is 7.25. The van der Waals surface area contributed by atoms with E-state index >= 15 is 0 Å². The molecule has 25 heavy (non-hydrogen) atoms. The predicted molar refractivity (Wildman–Crippen MR) is 101 cm³/mol. The zero-order valence-electron chi connectivity index (χ0n) is 15.1. The van der Waals surface area contributed by atoms with Gasteiger partial charge in [-0.3, -0.25) is 0 Å². The summed E-state index contributed by atoms with van der Waals surface area (Å²) in [4.78, 5) is 14.5. The largest absolute Gasteiger partial charge is 0.338 e. The molecule has 2 N–H and O–H groups in total. The van der Waals surface area contributed by atoms with Gasteiger partial charge in [0.15, 0.2) is 9.84 Å². The number of carbonyl (C=O) groups is 1. The number of amides is 2. The molecule has 2 rings (SSSR count). The highest BCUT2D eigenvalue weighted by Crippen LogP contribution is 2.18. The maximum absolute atomic E-state index is 12.0. The van der Waals surface area contributed by atoms with Gasteiger partial charge in [0.25, 0.3) is 0 Å². The number of benzene rings is 1. The van der Waals surface area contributed by atoms with Crippen LogP contribution in [0, 0.1) is 5.92 Å². The van der Waals surface area contributed by atoms with Crippen LogP contribution in [-0.2, 0) is 15.6 Å². The van der Waals surface area contributed by atoms with Crippen molar-refractivity contribution in [2.24, 2.45) is 5.92 Å². The van der Waals surface area contributed by atoms with Crippen LogP contribution in [0.1, 0.15) is 31.7 Å². The molecule has 1 aromatic carbocycles. The minimum absolute atomic E-state index is 0.0865. The molecule has 0 atom stereocenters. The summed E-state index contributed by atoms with van der Waals surface area (Å²) in [6.45, 7) is 6.19. The Morgan fingerprint density at radius 1 is 1.24 bits per heavy atom. The van der Waals surface area contributed by atoms with Crippen molar-refractivity contribution < 1.29 is 13.2 Å². The molecule has 2 amide bonds. The van der Waals surface area contributed by atoms with Gasteiger partial charge in [-0.15, -0.1) is 0 Å². The van der Waals surface area contributed by atoms with Gasteiger partial charge in [-0.25, -0.2) is 13.2 Å². The van der Waals surface area contributed by atoms with Crippen molar-refractivity contribution in [3.05, 3.63) is 29.8 Å². The molecule has 1 aromatic rings. The summed E-state index contributed by atoms with van der Waals surface area (Å²) in [5.74, 6) is 0.740. The average molecular weight is 368 g/mol. The number of likely N-dealkylation sites (tertiary alicyclic amines) is 1. The van der Waals surface area contributed by atoms with Crippen molar-refractivity contribution in [3.8, 4) is 0 Å². The first kappa shape index (κ1) is 19.7. The second kappa shape index (κ2) is 9.20. The Hall–Kier alpha value is -1.60. The first-order chi connectivity index (χ1) is 11.8. The lowest BCUT2D eigenvalue weighted by Crippen LogP contribution is -2.36. The molecule has 1 aliphatic heterocycles. The molecule has 1 saturated heterocycles. The second-order valence-electron chi connectivity index (χ2n) is 6.99. The third-order valence-corrected chi connectivity index (χ3v) is 5.33. The number of para-hydroxylation sites is 1. The van der Waals surface area contributed by atoms with E-state index in [0.29, 0.717) is 17.8 Å². The first-order valence-corrected chi connectivity index (χ1v) is 10.9. The van der Waals surface area contributed by atoms with Crippen molar-refractivity contribution in [1.82, 2.24) is 10.2 Å². The summed E-state index contributed by atoms with van der Waals surface area (Å²) in [7, 11) is -3.15. The van der Waals surface area contributed by atoms with Crippen LogP contribution in [0.4, 0.5) is 10.5 Å². The molecule has 1 fully saturated rings. The maximum Gasteiger partial charge on any atom is 0.319 e. The minimum Gasteiger partial charge on any atom is -0.338 e. The fraction of sp³-hybridized carbons (Fsp3) is 0.611. The van der Waals surface area contributed by atoms with Crippen molar-refractivity contribution >= 4 is 21.6 Å². The standard InChI is InChI=1S/C18H29N3O3S/c1-15-8-12-21(13-9-15)11-5-10-19-18(22)20-17-7-4-3-6-16(17)14-25(2,23)24/h3-4,6-7,15H,5,8-14H2,1-2H3,(H2,19,20,22). The Morgan fingerprint density at radius 2 is 1.92 bits per heavy atom. The normalized spacial score (nSPS) is 16.6. The number of anilines is 1. The van der Waals surface area contributed by atoms with Gasteiger partial charge in [-0.2, -0.15) is 0 Å². The summed E-state index contributed by atoms with van der Waals surface area (Å²) in [5.41, 5.74) is 1.14. The third kappa shape index (κ3) is 7.44. The van der Waals surface area contributed by atoms with E-state index in [9.17, 15) is 13.2 Å². The van der Waals surface area contributed by atoms with Gasteiger partial charge in [0.2, 0.25) is 0 Å². The summed E-state index contributed by atoms with van der Waals surface area (Å²) >= 11 is 0. The molecule has 0 unspecified atom stereocenters. The molecular formula is C18H29N3O3S. The fourth-order valence-corrected chi connectivity index (χ4v) is 3.82. The van der Waals surface area contributed by atoms with Gasteiger partial charge < -0.3 is 15.5 Å². The number of urea groups is 1. The highest BCUT2D eigenvalue weighted by Gasteiger charge is 2.15. The van der Waals surface area contributed by atoms with Crippen molar-refractivity contribution in [3.63, 3.8) is 0 Å². The molecule has 1 heterocycles. The molecule has 0 spiro atoms. The van der Waals surface area contributed by atoms with Crippen molar-refractivity contribution in [2.45, 2.75) is 31.9 Å². The molecule has 7 heteroatoms. The molecule has 0 aromatic heterocycles. The SMILES string of the molecule is CC1CCN(CCCNC(=O)Nc2ccccc2CS(C)(=O)=O)CC1. The van der Waals surface area contributed by atoms with Gasteiger partial charge in [0, 0.05) is 18.5 Å². The van der Waals surface area contributed by atoms with E-state index in [1.54, 1.807) is 24.3 Å². The number of sulfone groups is 1. The maximum atomic E-state index is 12.0. The average Bonchev–Trinajstić information content (AvgIpc) is 2.54. The van der Waals surface area contributed by atoms with E-state index in [0.717, 1.165) is 32.0 Å². The van der Waals surface area contributed by atoms with Gasteiger partial charge in [-0.05, 0) is 56.4 Å². The van der Waals surface area contributed by atoms with E-state index in [-0.39, 0.29) is 11.8 Å². The zero-order valence-corrected chi connectivity index (χ0v) is 15.9. The van der Waals surface area contributed by atoms with Crippen LogP contribution in [0.5, 0.6) is 0 Å². The number of hydrogen-bond acceptors (Lipinski definition) is 4. The molecule has 1 aliphatic rings. The number of nitrogens with zero attached hydrogens (tertiary/aromatic N) is 1. The van der Waals surface area contributed by atoms with Crippen LogP contribution >= 0.6 is 0 Å². The van der Waals surface area contributed by atoms with Crippen molar-refractivity contribution in [1.29, 1.82) is 0 Å². The van der Waals surface area contributed by atoms with Gasteiger partial charge in [0.1, 0.15) is 0 Å². The summed E-state index contributed by atoms with van der Waals surface area (Å²) in [6.07, 6.45) is 4.61.